The molecule has 0 bridgehead atoms. The molecular formula is C28H34N4O. The summed E-state index contributed by atoms with van der Waals surface area (Å²) in [6.45, 7) is 2.79. The zero-order valence-corrected chi connectivity index (χ0v) is 19.3. The summed E-state index contributed by atoms with van der Waals surface area (Å²) in [6.07, 6.45) is 8.89. The maximum Gasteiger partial charge on any atom is 0.266 e. The van der Waals surface area contributed by atoms with E-state index in [4.69, 9.17) is 0 Å². The molecule has 2 aliphatic rings. The fourth-order valence-corrected chi connectivity index (χ4v) is 5.03. The summed E-state index contributed by atoms with van der Waals surface area (Å²) in [7, 11) is 0. The number of carbonyl (C=O) groups excluding carboxylic acids is 1. The average molecular weight is 443 g/mol. The van der Waals surface area contributed by atoms with Gasteiger partial charge in [0.1, 0.15) is 11.6 Å². The fraction of sp³-hybridized carbons (Fsp3) is 0.429. The molecule has 0 radical (unpaired) electrons. The molecule has 0 atom stereocenters. The van der Waals surface area contributed by atoms with Gasteiger partial charge < -0.3 is 10.2 Å². The molecule has 1 aliphatic carbocycles. The highest BCUT2D eigenvalue weighted by atomic mass is 16.2. The Balaban J connectivity index is 1.40. The number of hydrogen-bond donors (Lipinski definition) is 1. The lowest BCUT2D eigenvalue weighted by Crippen LogP contribution is -2.50. The lowest BCUT2D eigenvalue weighted by molar-refractivity contribution is -0.128. The van der Waals surface area contributed by atoms with Crippen LogP contribution in [0, 0.1) is 11.3 Å². The summed E-state index contributed by atoms with van der Waals surface area (Å²) >= 11 is 0. The minimum atomic E-state index is -0.158. The number of rotatable bonds is 6. The van der Waals surface area contributed by atoms with E-state index in [9.17, 15) is 10.1 Å². The molecular weight excluding hydrogens is 408 g/mol. The normalized spacial score (nSPS) is 18.5. The fourth-order valence-electron chi connectivity index (χ4n) is 5.03. The van der Waals surface area contributed by atoms with E-state index in [1.807, 2.05) is 17.0 Å². The summed E-state index contributed by atoms with van der Waals surface area (Å²) in [5, 5.41) is 13.0. The van der Waals surface area contributed by atoms with Gasteiger partial charge in [0.25, 0.3) is 5.91 Å². The van der Waals surface area contributed by atoms with E-state index in [0.717, 1.165) is 25.9 Å². The summed E-state index contributed by atoms with van der Waals surface area (Å²) in [4.78, 5) is 17.3. The number of amides is 1. The monoisotopic (exact) mass is 442 g/mol. The summed E-state index contributed by atoms with van der Waals surface area (Å²) in [5.74, 6) is -0.158. The van der Waals surface area contributed by atoms with Gasteiger partial charge >= 0.3 is 0 Å². The Morgan fingerprint density at radius 1 is 0.879 bits per heavy atom. The molecule has 172 valence electrons. The number of benzene rings is 2. The molecule has 1 amide bonds. The van der Waals surface area contributed by atoms with Gasteiger partial charge in [-0.1, -0.05) is 86.3 Å². The van der Waals surface area contributed by atoms with Crippen LogP contribution in [0.1, 0.15) is 55.7 Å². The third-order valence-corrected chi connectivity index (χ3v) is 6.87. The van der Waals surface area contributed by atoms with Crippen LogP contribution in [-0.4, -0.2) is 47.9 Å². The van der Waals surface area contributed by atoms with Crippen LogP contribution in [0.3, 0.4) is 0 Å². The van der Waals surface area contributed by atoms with E-state index in [1.54, 1.807) is 6.20 Å². The van der Waals surface area contributed by atoms with Crippen molar-refractivity contribution in [3.63, 3.8) is 0 Å². The van der Waals surface area contributed by atoms with Gasteiger partial charge in [0.15, 0.2) is 0 Å². The van der Waals surface area contributed by atoms with Crippen LogP contribution in [0.5, 0.6) is 0 Å². The number of nitriles is 1. The topological polar surface area (TPSA) is 59.4 Å². The summed E-state index contributed by atoms with van der Waals surface area (Å²) in [6, 6.07) is 23.8. The summed E-state index contributed by atoms with van der Waals surface area (Å²) in [5.41, 5.74) is 2.73. The van der Waals surface area contributed by atoms with Crippen molar-refractivity contribution < 1.29 is 4.79 Å². The van der Waals surface area contributed by atoms with E-state index in [2.05, 4.69) is 64.8 Å². The van der Waals surface area contributed by atoms with Crippen LogP contribution in [0.4, 0.5) is 0 Å². The Morgan fingerprint density at radius 2 is 1.42 bits per heavy atom. The lowest BCUT2D eigenvalue weighted by atomic mass is 9.96. The van der Waals surface area contributed by atoms with Gasteiger partial charge in [-0.25, -0.2) is 0 Å². The highest BCUT2D eigenvalue weighted by Gasteiger charge is 2.29. The molecule has 2 aromatic carbocycles. The van der Waals surface area contributed by atoms with Crippen molar-refractivity contribution in [3.05, 3.63) is 83.6 Å². The predicted molar refractivity (Wildman–Crippen MR) is 131 cm³/mol. The first-order valence-electron chi connectivity index (χ1n) is 12.3. The molecule has 5 nitrogen and oxygen atoms in total. The van der Waals surface area contributed by atoms with Gasteiger partial charge in [0.05, 0.1) is 6.04 Å². The lowest BCUT2D eigenvalue weighted by Gasteiger charge is -2.39. The van der Waals surface area contributed by atoms with Gasteiger partial charge in [-0.05, 0) is 24.0 Å². The Bertz CT molecular complexity index is 911. The van der Waals surface area contributed by atoms with Crippen molar-refractivity contribution >= 4 is 5.91 Å². The van der Waals surface area contributed by atoms with Crippen LogP contribution < -0.4 is 5.32 Å². The third-order valence-electron chi connectivity index (χ3n) is 6.87. The van der Waals surface area contributed by atoms with Gasteiger partial charge in [-0.2, -0.15) is 5.26 Å². The van der Waals surface area contributed by atoms with Gasteiger partial charge in [-0.3, -0.25) is 9.69 Å². The molecule has 0 aromatic heterocycles. The van der Waals surface area contributed by atoms with Crippen molar-refractivity contribution in [2.45, 2.75) is 50.6 Å². The molecule has 33 heavy (non-hydrogen) atoms. The Labute approximate surface area is 197 Å². The largest absolute Gasteiger partial charge is 0.387 e. The first-order chi connectivity index (χ1) is 16.3. The molecule has 2 fully saturated rings. The van der Waals surface area contributed by atoms with Crippen molar-refractivity contribution in [2.24, 2.45) is 0 Å². The van der Waals surface area contributed by atoms with E-state index >= 15 is 0 Å². The Morgan fingerprint density at radius 3 is 1.94 bits per heavy atom. The van der Waals surface area contributed by atoms with Crippen molar-refractivity contribution in [3.8, 4) is 6.07 Å². The second-order valence-electron chi connectivity index (χ2n) is 9.08. The second-order valence-corrected chi connectivity index (χ2v) is 9.08. The minimum Gasteiger partial charge on any atom is -0.387 e. The van der Waals surface area contributed by atoms with Crippen molar-refractivity contribution in [1.82, 2.24) is 15.1 Å². The highest BCUT2D eigenvalue weighted by Crippen LogP contribution is 2.29. The molecule has 1 aliphatic heterocycles. The van der Waals surface area contributed by atoms with E-state index < -0.39 is 0 Å². The van der Waals surface area contributed by atoms with E-state index in [0.29, 0.717) is 19.1 Å². The van der Waals surface area contributed by atoms with Gasteiger partial charge in [0, 0.05) is 38.4 Å². The highest BCUT2D eigenvalue weighted by molar-refractivity contribution is 5.97. The Kier molecular flexibility index (Phi) is 8.16. The molecule has 0 spiro atoms. The SMILES string of the molecule is N#C/C(=C/NC1CCCCCC1)C(=O)N1CCN(C(c2ccccc2)c2ccccc2)CC1. The van der Waals surface area contributed by atoms with Crippen molar-refractivity contribution in [1.29, 1.82) is 5.26 Å². The van der Waals surface area contributed by atoms with Crippen LogP contribution in [0.25, 0.3) is 0 Å². The molecule has 0 unspecified atom stereocenters. The predicted octanol–water partition coefficient (Wildman–Crippen LogP) is 4.64. The van der Waals surface area contributed by atoms with Gasteiger partial charge in [-0.15, -0.1) is 0 Å². The van der Waals surface area contributed by atoms with Crippen LogP contribution in [0.15, 0.2) is 72.4 Å². The molecule has 2 aromatic rings. The van der Waals surface area contributed by atoms with Crippen molar-refractivity contribution in [2.75, 3.05) is 26.2 Å². The molecule has 4 rings (SSSR count). The first-order valence-corrected chi connectivity index (χ1v) is 12.3. The van der Waals surface area contributed by atoms with Gasteiger partial charge in [0.2, 0.25) is 0 Å². The average Bonchev–Trinajstić information content (AvgIpc) is 3.15. The zero-order chi connectivity index (χ0) is 22.9. The van der Waals surface area contributed by atoms with Crippen LogP contribution in [-0.2, 0) is 4.79 Å². The van der Waals surface area contributed by atoms with E-state index in [-0.39, 0.29) is 17.5 Å². The molecule has 1 heterocycles. The number of hydrogen-bond acceptors (Lipinski definition) is 4. The standard InChI is InChI=1S/C28H34N4O/c29-21-25(22-30-26-15-9-1-2-10-16-26)28(33)32-19-17-31(18-20-32)27(23-11-5-3-6-12-23)24-13-7-4-8-14-24/h3-8,11-14,22,26-27,30H,1-2,9-10,15-20H2/b25-22-. The quantitative estimate of drug-likeness (QED) is 0.402. The molecule has 5 heteroatoms. The minimum absolute atomic E-state index is 0.158. The summed E-state index contributed by atoms with van der Waals surface area (Å²) < 4.78 is 0. The zero-order valence-electron chi connectivity index (χ0n) is 19.3. The van der Waals surface area contributed by atoms with Crippen LogP contribution >= 0.6 is 0 Å². The second kappa shape index (κ2) is 11.7. The molecule has 1 N–H and O–H groups in total. The smallest absolute Gasteiger partial charge is 0.266 e. The number of piperazine rings is 1. The molecule has 1 saturated heterocycles. The Hall–Kier alpha value is -3.10. The van der Waals surface area contributed by atoms with E-state index in [1.165, 1.54) is 36.8 Å². The molecule has 1 saturated carbocycles. The number of nitrogens with zero attached hydrogens (tertiary/aromatic N) is 3. The first kappa shape index (κ1) is 23.1. The van der Waals surface area contributed by atoms with Crippen LogP contribution in [0.2, 0.25) is 0 Å². The number of nitrogens with one attached hydrogen (secondary N) is 1. The maximum atomic E-state index is 13.1. The maximum absolute atomic E-state index is 13.1. The number of carbonyl (C=O) groups is 1. The third kappa shape index (κ3) is 6.03.